The topological polar surface area (TPSA) is 209 Å². The number of carbonyl (C=O) groups excluding carboxylic acids is 7. The number of anilines is 1. The lowest BCUT2D eigenvalue weighted by Crippen LogP contribution is -2.56. The Kier molecular flexibility index (Phi) is 11.3. The number of likely N-dealkylation sites (tertiary alicyclic amines) is 1. The molecule has 0 bridgehead atoms. The van der Waals surface area contributed by atoms with Crippen LogP contribution in [-0.2, 0) is 33.6 Å². The fraction of sp³-hybridized carbons (Fsp3) is 0.636. The number of Topliss-reactive ketones (excluding diaryl/α,β-unsaturated/α-hetero) is 1. The molecule has 3 saturated carbocycles. The number of allylic oxidation sites excluding steroid dienone is 1. The van der Waals surface area contributed by atoms with E-state index >= 15 is 0 Å². The molecule has 1 aromatic rings. The van der Waals surface area contributed by atoms with Crippen LogP contribution in [-0.4, -0.2) is 82.0 Å². The Morgan fingerprint density at radius 1 is 0.938 bits per heavy atom. The van der Waals surface area contributed by atoms with E-state index in [1.165, 1.54) is 17.0 Å². The Morgan fingerprint density at radius 2 is 1.65 bits per heavy atom. The van der Waals surface area contributed by atoms with Gasteiger partial charge in [-0.2, -0.15) is 0 Å². The van der Waals surface area contributed by atoms with Crippen LogP contribution < -0.4 is 26.6 Å². The van der Waals surface area contributed by atoms with Gasteiger partial charge in [0.25, 0.3) is 11.8 Å². The fourth-order valence-electron chi connectivity index (χ4n) is 7.11. The number of nitrogens with zero attached hydrogens (tertiary/aromatic N) is 2. The van der Waals surface area contributed by atoms with Gasteiger partial charge >= 0.3 is 11.8 Å². The van der Waals surface area contributed by atoms with Crippen molar-refractivity contribution in [3.63, 3.8) is 0 Å². The average Bonchev–Trinajstić information content (AvgIpc) is 3.68. The third kappa shape index (κ3) is 8.47. The summed E-state index contributed by atoms with van der Waals surface area (Å²) in [6.07, 6.45) is 10.9. The van der Waals surface area contributed by atoms with Gasteiger partial charge in [-0.25, -0.2) is 0 Å². The molecule has 6 amide bonds. The molecular formula is C33H45N7O8. The second-order valence-corrected chi connectivity index (χ2v) is 13.3. The van der Waals surface area contributed by atoms with E-state index in [1.54, 1.807) is 13.8 Å². The summed E-state index contributed by atoms with van der Waals surface area (Å²) in [4.78, 5) is 93.0. The summed E-state index contributed by atoms with van der Waals surface area (Å²) in [7, 11) is 0. The molecule has 0 radical (unpaired) electrons. The maximum Gasteiger partial charge on any atom is 0.314 e. The molecule has 1 aliphatic heterocycles. The van der Waals surface area contributed by atoms with Crippen LogP contribution in [0.25, 0.3) is 0 Å². The van der Waals surface area contributed by atoms with Crippen LogP contribution in [0.15, 0.2) is 22.4 Å². The molecule has 15 heteroatoms. The lowest BCUT2D eigenvalue weighted by atomic mass is 9.83. The Hall–Kier alpha value is -4.56. The van der Waals surface area contributed by atoms with Crippen molar-refractivity contribution in [2.75, 3.05) is 11.9 Å². The molecule has 4 aliphatic rings. The highest BCUT2D eigenvalue weighted by atomic mass is 16.5. The predicted octanol–water partition coefficient (Wildman–Crippen LogP) is 1.13. The van der Waals surface area contributed by atoms with Gasteiger partial charge in [0.15, 0.2) is 5.82 Å². The van der Waals surface area contributed by atoms with Gasteiger partial charge in [0.2, 0.25) is 17.6 Å². The molecule has 0 aromatic carbocycles. The first-order chi connectivity index (χ1) is 23.0. The second-order valence-electron chi connectivity index (χ2n) is 13.3. The largest absolute Gasteiger partial charge is 0.360 e. The molecule has 2 heterocycles. The molecule has 15 nitrogen and oxygen atoms in total. The summed E-state index contributed by atoms with van der Waals surface area (Å²) in [6.45, 7) is 2.75. The Balaban J connectivity index is 1.27. The highest BCUT2D eigenvalue weighted by molar-refractivity contribution is 6.40. The van der Waals surface area contributed by atoms with Crippen molar-refractivity contribution < 1.29 is 38.1 Å². The SMILES string of the molecule is C/C=C(/NC(=O)[C@@H](NC(=O)C(=O)Nc1cc(C)on1)C1CCCCC1)C(=O)N1[C@H](C(=O)NCC(=O)C(=O)NC2CC2)C[C@@H]2CCCC[C@@H]21. The van der Waals surface area contributed by atoms with Crippen LogP contribution >= 0.6 is 0 Å². The minimum absolute atomic E-state index is 0.00426. The number of hydrogen-bond acceptors (Lipinski definition) is 9. The van der Waals surface area contributed by atoms with Crippen molar-refractivity contribution in [1.29, 1.82) is 0 Å². The van der Waals surface area contributed by atoms with E-state index in [2.05, 4.69) is 31.7 Å². The van der Waals surface area contributed by atoms with Crippen LogP contribution in [0.5, 0.6) is 0 Å². The molecule has 3 aliphatic carbocycles. The predicted molar refractivity (Wildman–Crippen MR) is 170 cm³/mol. The summed E-state index contributed by atoms with van der Waals surface area (Å²) in [5.41, 5.74) is -0.0542. The number of nitrogens with one attached hydrogen (secondary N) is 5. The Morgan fingerprint density at radius 3 is 2.31 bits per heavy atom. The summed E-state index contributed by atoms with van der Waals surface area (Å²) in [5.74, 6) is -4.97. The van der Waals surface area contributed by atoms with E-state index in [-0.39, 0.29) is 35.4 Å². The number of fused-ring (bicyclic) bond motifs is 1. The summed E-state index contributed by atoms with van der Waals surface area (Å²) in [5, 5.41) is 16.5. The van der Waals surface area contributed by atoms with Crippen molar-refractivity contribution >= 4 is 47.0 Å². The molecular weight excluding hydrogens is 622 g/mol. The first-order valence-electron chi connectivity index (χ1n) is 17.0. The fourth-order valence-corrected chi connectivity index (χ4v) is 7.11. The van der Waals surface area contributed by atoms with Gasteiger partial charge < -0.3 is 30.7 Å². The van der Waals surface area contributed by atoms with Crippen LogP contribution in [0.2, 0.25) is 0 Å². The molecule has 5 rings (SSSR count). The maximum absolute atomic E-state index is 14.2. The lowest BCUT2D eigenvalue weighted by molar-refractivity contribution is -0.141. The molecule has 1 aromatic heterocycles. The minimum atomic E-state index is -1.10. The third-order valence-electron chi connectivity index (χ3n) is 9.76. The van der Waals surface area contributed by atoms with E-state index < -0.39 is 59.9 Å². The zero-order valence-electron chi connectivity index (χ0n) is 27.5. The summed E-state index contributed by atoms with van der Waals surface area (Å²) in [6, 6.07) is -0.773. The number of hydrogen-bond donors (Lipinski definition) is 5. The van der Waals surface area contributed by atoms with Crippen molar-refractivity contribution in [2.45, 2.75) is 115 Å². The molecule has 48 heavy (non-hydrogen) atoms. The van der Waals surface area contributed by atoms with Gasteiger partial charge in [-0.05, 0) is 70.6 Å². The standard InChI is InChI=1S/C33H45N7O8/c1-3-22(36-30(44)27(19-9-5-4-6-10-19)38-32(46)31(45)37-26-15-18(2)48-39-26)33(47)40-23-12-8-7-11-20(23)16-24(40)28(42)34-17-25(41)29(43)35-21-13-14-21/h3,15,19-21,23-24,27H,4-14,16-17H2,1-2H3,(H,34,42)(H,35,43)(H,36,44)(H,38,46)(H,37,39,45)/b22-3+/t20-,23-,24-,27-/m0/s1. The first-order valence-corrected chi connectivity index (χ1v) is 17.0. The van der Waals surface area contributed by atoms with Gasteiger partial charge in [-0.1, -0.05) is 43.3 Å². The number of ketones is 1. The average molecular weight is 668 g/mol. The zero-order valence-corrected chi connectivity index (χ0v) is 27.5. The lowest BCUT2D eigenvalue weighted by Gasteiger charge is -2.35. The smallest absolute Gasteiger partial charge is 0.314 e. The molecule has 0 spiro atoms. The van der Waals surface area contributed by atoms with Crippen molar-refractivity contribution in [2.24, 2.45) is 11.8 Å². The number of aromatic nitrogens is 1. The molecule has 1 saturated heterocycles. The van der Waals surface area contributed by atoms with Crippen molar-refractivity contribution in [3.8, 4) is 0 Å². The molecule has 5 N–H and O–H groups in total. The number of amides is 6. The summed E-state index contributed by atoms with van der Waals surface area (Å²) < 4.78 is 4.92. The van der Waals surface area contributed by atoms with Crippen LogP contribution in [0, 0.1) is 18.8 Å². The third-order valence-corrected chi connectivity index (χ3v) is 9.76. The maximum atomic E-state index is 14.2. The normalized spacial score (nSPS) is 23.3. The Labute approximate surface area is 278 Å². The van der Waals surface area contributed by atoms with Crippen LogP contribution in [0.1, 0.15) is 89.7 Å². The highest BCUT2D eigenvalue weighted by Gasteiger charge is 2.48. The van der Waals surface area contributed by atoms with E-state index in [4.69, 9.17) is 4.52 Å². The van der Waals surface area contributed by atoms with E-state index in [0.717, 1.165) is 51.4 Å². The van der Waals surface area contributed by atoms with Gasteiger partial charge in [0, 0.05) is 18.2 Å². The van der Waals surface area contributed by atoms with Crippen molar-refractivity contribution in [1.82, 2.24) is 31.3 Å². The number of rotatable bonds is 11. The number of carbonyl (C=O) groups is 7. The monoisotopic (exact) mass is 667 g/mol. The van der Waals surface area contributed by atoms with E-state index in [0.29, 0.717) is 31.4 Å². The molecule has 4 fully saturated rings. The van der Waals surface area contributed by atoms with Crippen LogP contribution in [0.3, 0.4) is 0 Å². The summed E-state index contributed by atoms with van der Waals surface area (Å²) >= 11 is 0. The minimum Gasteiger partial charge on any atom is -0.360 e. The van der Waals surface area contributed by atoms with E-state index in [9.17, 15) is 33.6 Å². The van der Waals surface area contributed by atoms with Gasteiger partial charge in [0.05, 0.1) is 6.54 Å². The zero-order chi connectivity index (χ0) is 34.4. The molecule has 4 atom stereocenters. The number of aryl methyl sites for hydroxylation is 1. The van der Waals surface area contributed by atoms with Gasteiger partial charge in [-0.15, -0.1) is 0 Å². The first kappa shape index (κ1) is 34.8. The van der Waals surface area contributed by atoms with E-state index in [1.807, 2.05) is 0 Å². The molecule has 260 valence electrons. The quantitative estimate of drug-likeness (QED) is 0.169. The van der Waals surface area contributed by atoms with Crippen molar-refractivity contribution in [3.05, 3.63) is 23.6 Å². The highest BCUT2D eigenvalue weighted by Crippen LogP contribution is 2.40. The van der Waals surface area contributed by atoms with Gasteiger partial charge in [0.1, 0.15) is 23.5 Å². The van der Waals surface area contributed by atoms with Crippen LogP contribution in [0.4, 0.5) is 5.82 Å². The van der Waals surface area contributed by atoms with Gasteiger partial charge in [-0.3, -0.25) is 38.9 Å². The second kappa shape index (κ2) is 15.6. The Bertz CT molecular complexity index is 1460. The molecule has 0 unspecified atom stereocenters.